The van der Waals surface area contributed by atoms with Crippen LogP contribution in [0.3, 0.4) is 0 Å². The zero-order valence-corrected chi connectivity index (χ0v) is 7.26. The molecule has 0 unspecified atom stereocenters. The first-order chi connectivity index (χ1) is 5.86. The number of allylic oxidation sites excluding steroid dienone is 1. The van der Waals surface area contributed by atoms with Crippen LogP contribution in [0.4, 0.5) is 4.39 Å². The van der Waals surface area contributed by atoms with Crippen LogP contribution in [-0.4, -0.2) is 11.0 Å². The predicted molar refractivity (Wildman–Crippen MR) is 61.0 cm³/mol. The van der Waals surface area contributed by atoms with Crippen LogP contribution in [0, 0.1) is 0 Å². The van der Waals surface area contributed by atoms with E-state index in [0.717, 1.165) is 18.4 Å². The fraction of sp³-hybridized carbons (Fsp3) is 0.273. The maximum absolute atomic E-state index is 12.2. The third-order valence-electron chi connectivity index (χ3n) is 1.88. The molecule has 2 heteroatoms. The van der Waals surface area contributed by atoms with Crippen LogP contribution in [0.2, 0.25) is 0 Å². The number of hydrogen-bond donors (Lipinski definition) is 0. The van der Waals surface area contributed by atoms with Crippen LogP contribution < -0.4 is 0 Å². The summed E-state index contributed by atoms with van der Waals surface area (Å²) in [5, 5.41) is 0. The van der Waals surface area contributed by atoms with Crippen molar-refractivity contribution in [3.05, 3.63) is 47.8 Å². The minimum absolute atomic E-state index is 0. The Morgan fingerprint density at radius 2 is 1.92 bits per heavy atom. The van der Waals surface area contributed by atoms with Crippen LogP contribution in [0.5, 0.6) is 0 Å². The number of hydrogen-bond acceptors (Lipinski definition) is 0. The molecular formula is C11H17FSi. The predicted octanol–water partition coefficient (Wildman–Crippen LogP) is 2.04. The van der Waals surface area contributed by atoms with Crippen LogP contribution in [0.25, 0.3) is 0 Å². The summed E-state index contributed by atoms with van der Waals surface area (Å²) in [5.41, 5.74) is 2.02. The van der Waals surface area contributed by atoms with E-state index in [9.17, 15) is 4.39 Å². The lowest BCUT2D eigenvalue weighted by Crippen LogP contribution is -1.87. The van der Waals surface area contributed by atoms with Gasteiger partial charge < -0.3 is 0 Å². The van der Waals surface area contributed by atoms with Gasteiger partial charge in [0.05, 0.1) is 6.33 Å². The van der Waals surface area contributed by atoms with Gasteiger partial charge in [0.2, 0.25) is 0 Å². The molecule has 1 aromatic carbocycles. The van der Waals surface area contributed by atoms with E-state index in [-0.39, 0.29) is 11.0 Å². The van der Waals surface area contributed by atoms with E-state index in [4.69, 9.17) is 0 Å². The third-order valence-corrected chi connectivity index (χ3v) is 1.88. The standard InChI is InChI=1S/C11H13F.H4Si/c1-2-10(9-12)8-11-6-4-3-5-7-11;/h3-7,9H,2,8H2,1H3;1H4. The Labute approximate surface area is 83.5 Å². The summed E-state index contributed by atoms with van der Waals surface area (Å²) in [6.45, 7) is 1.97. The van der Waals surface area contributed by atoms with E-state index in [1.807, 2.05) is 37.3 Å². The number of benzene rings is 1. The summed E-state index contributed by atoms with van der Waals surface area (Å²) in [6, 6.07) is 9.94. The molecule has 72 valence electrons. The lowest BCUT2D eigenvalue weighted by molar-refractivity contribution is 0.696. The molecule has 0 bridgehead atoms. The lowest BCUT2D eigenvalue weighted by Gasteiger charge is -2.01. The Hall–Kier alpha value is -0.893. The van der Waals surface area contributed by atoms with Crippen molar-refractivity contribution in [3.8, 4) is 0 Å². The lowest BCUT2D eigenvalue weighted by atomic mass is 10.1. The summed E-state index contributed by atoms with van der Waals surface area (Å²) in [6.07, 6.45) is 2.23. The van der Waals surface area contributed by atoms with Crippen molar-refractivity contribution in [2.45, 2.75) is 19.8 Å². The van der Waals surface area contributed by atoms with Gasteiger partial charge in [-0.15, -0.1) is 0 Å². The third kappa shape index (κ3) is 4.04. The van der Waals surface area contributed by atoms with Crippen LogP contribution in [0.15, 0.2) is 42.2 Å². The monoisotopic (exact) mass is 196 g/mol. The van der Waals surface area contributed by atoms with Crippen molar-refractivity contribution in [2.24, 2.45) is 0 Å². The van der Waals surface area contributed by atoms with E-state index >= 15 is 0 Å². The topological polar surface area (TPSA) is 0 Å². The zero-order chi connectivity index (χ0) is 8.81. The maximum atomic E-state index is 12.2. The van der Waals surface area contributed by atoms with Gasteiger partial charge in [-0.25, -0.2) is 4.39 Å². The summed E-state index contributed by atoms with van der Waals surface area (Å²) in [4.78, 5) is 0. The summed E-state index contributed by atoms with van der Waals surface area (Å²) in [7, 11) is 0. The average molecular weight is 196 g/mol. The minimum Gasteiger partial charge on any atom is -0.216 e. The SMILES string of the molecule is CCC(=CF)Cc1ccccc1.[SiH4]. The van der Waals surface area contributed by atoms with E-state index in [1.165, 1.54) is 5.56 Å². The highest BCUT2D eigenvalue weighted by Gasteiger charge is 1.95. The molecule has 0 spiro atoms. The molecular weight excluding hydrogens is 179 g/mol. The van der Waals surface area contributed by atoms with Gasteiger partial charge in [-0.2, -0.15) is 0 Å². The fourth-order valence-corrected chi connectivity index (χ4v) is 1.10. The molecule has 0 aliphatic rings. The Kier molecular flexibility index (Phi) is 6.15. The Bertz CT molecular complexity index is 254. The highest BCUT2D eigenvalue weighted by atomic mass is 28.1. The quantitative estimate of drug-likeness (QED) is 0.649. The molecule has 13 heavy (non-hydrogen) atoms. The summed E-state index contributed by atoms with van der Waals surface area (Å²) < 4.78 is 12.2. The van der Waals surface area contributed by atoms with Crippen molar-refractivity contribution in [3.63, 3.8) is 0 Å². The van der Waals surface area contributed by atoms with Gasteiger partial charge in [0.1, 0.15) is 0 Å². The second kappa shape index (κ2) is 6.60. The Balaban J connectivity index is 0.00000144. The average Bonchev–Trinajstić information content (AvgIpc) is 2.16. The molecule has 0 aromatic heterocycles. The van der Waals surface area contributed by atoms with Gasteiger partial charge in [0.25, 0.3) is 0 Å². The molecule has 0 saturated carbocycles. The molecule has 1 aromatic rings. The van der Waals surface area contributed by atoms with Gasteiger partial charge >= 0.3 is 0 Å². The van der Waals surface area contributed by atoms with Crippen molar-refractivity contribution in [1.29, 1.82) is 0 Å². The molecule has 0 aliphatic heterocycles. The van der Waals surface area contributed by atoms with Crippen LogP contribution in [-0.2, 0) is 6.42 Å². The van der Waals surface area contributed by atoms with E-state index < -0.39 is 0 Å². The minimum atomic E-state index is 0. The molecule has 0 nitrogen and oxygen atoms in total. The highest BCUT2D eigenvalue weighted by Crippen LogP contribution is 2.10. The first kappa shape index (κ1) is 12.1. The molecule has 0 saturated heterocycles. The Morgan fingerprint density at radius 3 is 2.38 bits per heavy atom. The van der Waals surface area contributed by atoms with Crippen molar-refractivity contribution < 1.29 is 4.39 Å². The van der Waals surface area contributed by atoms with E-state index in [0.29, 0.717) is 6.33 Å². The van der Waals surface area contributed by atoms with Crippen LogP contribution >= 0.6 is 0 Å². The molecule has 0 atom stereocenters. The second-order valence-electron chi connectivity index (χ2n) is 2.78. The van der Waals surface area contributed by atoms with Gasteiger partial charge in [0.15, 0.2) is 0 Å². The zero-order valence-electron chi connectivity index (χ0n) is 7.26. The van der Waals surface area contributed by atoms with Crippen molar-refractivity contribution in [2.75, 3.05) is 0 Å². The van der Waals surface area contributed by atoms with E-state index in [1.54, 1.807) is 0 Å². The normalized spacial score (nSPS) is 10.8. The van der Waals surface area contributed by atoms with Gasteiger partial charge in [-0.05, 0) is 34.9 Å². The summed E-state index contributed by atoms with van der Waals surface area (Å²) in [5.74, 6) is 0. The first-order valence-corrected chi connectivity index (χ1v) is 4.19. The molecule has 0 fully saturated rings. The maximum Gasteiger partial charge on any atom is 0.0862 e. The number of halogens is 1. The molecule has 0 radical (unpaired) electrons. The molecule has 0 heterocycles. The highest BCUT2D eigenvalue weighted by molar-refractivity contribution is 5.75. The molecule has 1 rings (SSSR count). The molecule has 0 amide bonds. The van der Waals surface area contributed by atoms with Crippen molar-refractivity contribution >= 4 is 11.0 Å². The van der Waals surface area contributed by atoms with Crippen LogP contribution in [0.1, 0.15) is 18.9 Å². The number of rotatable bonds is 3. The largest absolute Gasteiger partial charge is 0.216 e. The Morgan fingerprint density at radius 1 is 1.31 bits per heavy atom. The van der Waals surface area contributed by atoms with Gasteiger partial charge in [-0.1, -0.05) is 37.3 Å². The molecule has 0 N–H and O–H groups in total. The fourth-order valence-electron chi connectivity index (χ4n) is 1.10. The smallest absolute Gasteiger partial charge is 0.0862 e. The first-order valence-electron chi connectivity index (χ1n) is 4.19. The van der Waals surface area contributed by atoms with E-state index in [2.05, 4.69) is 0 Å². The molecule has 0 aliphatic carbocycles. The summed E-state index contributed by atoms with van der Waals surface area (Å²) >= 11 is 0. The van der Waals surface area contributed by atoms with Gasteiger partial charge in [-0.3, -0.25) is 0 Å². The van der Waals surface area contributed by atoms with Crippen molar-refractivity contribution in [1.82, 2.24) is 0 Å². The second-order valence-corrected chi connectivity index (χ2v) is 2.78. The van der Waals surface area contributed by atoms with Gasteiger partial charge in [0, 0.05) is 0 Å².